The monoisotopic (exact) mass is 267 g/mol. The standard InChI is InChI=1S/C10H13N5O4/c1-6(16)14-2-4-15(5-3-14)9(18)7-8(17)11-10(19)13-12-7/h2-5H2,1H3,(H2,11,13,17,19). The van der Waals surface area contributed by atoms with Gasteiger partial charge in [-0.1, -0.05) is 0 Å². The van der Waals surface area contributed by atoms with Crippen molar-refractivity contribution >= 4 is 11.8 Å². The first-order chi connectivity index (χ1) is 8.99. The largest absolute Gasteiger partial charge is 0.342 e. The number of piperazine rings is 1. The molecule has 2 amide bonds. The molecule has 0 spiro atoms. The van der Waals surface area contributed by atoms with Crippen LogP contribution >= 0.6 is 0 Å². The summed E-state index contributed by atoms with van der Waals surface area (Å²) in [6.45, 7) is 2.97. The zero-order chi connectivity index (χ0) is 14.0. The van der Waals surface area contributed by atoms with Crippen molar-refractivity contribution in [3.63, 3.8) is 0 Å². The number of rotatable bonds is 1. The van der Waals surface area contributed by atoms with E-state index in [0.717, 1.165) is 0 Å². The van der Waals surface area contributed by atoms with E-state index in [1.807, 2.05) is 10.1 Å². The van der Waals surface area contributed by atoms with Crippen LogP contribution in [0, 0.1) is 0 Å². The Balaban J connectivity index is 2.11. The lowest BCUT2D eigenvalue weighted by Crippen LogP contribution is -2.51. The maximum Gasteiger partial charge on any atom is 0.342 e. The van der Waals surface area contributed by atoms with E-state index in [1.165, 1.54) is 11.8 Å². The lowest BCUT2D eigenvalue weighted by molar-refractivity contribution is -0.130. The number of carbonyl (C=O) groups is 2. The summed E-state index contributed by atoms with van der Waals surface area (Å²) in [5, 5.41) is 5.47. The maximum atomic E-state index is 12.0. The second-order valence-electron chi connectivity index (χ2n) is 4.15. The van der Waals surface area contributed by atoms with Gasteiger partial charge in [0, 0.05) is 33.1 Å². The number of hydrogen-bond donors (Lipinski definition) is 2. The highest BCUT2D eigenvalue weighted by Gasteiger charge is 2.25. The number of nitrogens with zero attached hydrogens (tertiary/aromatic N) is 3. The molecule has 1 fully saturated rings. The van der Waals surface area contributed by atoms with E-state index in [-0.39, 0.29) is 11.6 Å². The summed E-state index contributed by atoms with van der Waals surface area (Å²) in [6.07, 6.45) is 0. The molecule has 1 aliphatic rings. The molecule has 1 aromatic rings. The Morgan fingerprint density at radius 1 is 1.11 bits per heavy atom. The van der Waals surface area contributed by atoms with Gasteiger partial charge in [0.25, 0.3) is 11.5 Å². The third kappa shape index (κ3) is 2.69. The molecule has 0 radical (unpaired) electrons. The molecule has 0 unspecified atom stereocenters. The van der Waals surface area contributed by atoms with Crippen molar-refractivity contribution in [2.45, 2.75) is 6.92 Å². The zero-order valence-electron chi connectivity index (χ0n) is 10.3. The van der Waals surface area contributed by atoms with Gasteiger partial charge in [-0.05, 0) is 0 Å². The number of H-pyrrole nitrogens is 2. The number of hydrogen-bond acceptors (Lipinski definition) is 5. The van der Waals surface area contributed by atoms with Crippen molar-refractivity contribution in [1.82, 2.24) is 25.0 Å². The van der Waals surface area contributed by atoms with Gasteiger partial charge in [0.1, 0.15) is 0 Å². The molecule has 0 aromatic carbocycles. The van der Waals surface area contributed by atoms with E-state index >= 15 is 0 Å². The molecule has 2 N–H and O–H groups in total. The fourth-order valence-electron chi connectivity index (χ4n) is 1.87. The van der Waals surface area contributed by atoms with Crippen LogP contribution in [0.15, 0.2) is 9.59 Å². The predicted octanol–water partition coefficient (Wildman–Crippen LogP) is -2.24. The maximum absolute atomic E-state index is 12.0. The molecular formula is C10H13N5O4. The Kier molecular flexibility index (Phi) is 3.45. The average Bonchev–Trinajstić information content (AvgIpc) is 2.38. The number of aromatic amines is 2. The van der Waals surface area contributed by atoms with E-state index < -0.39 is 17.2 Å². The summed E-state index contributed by atoms with van der Waals surface area (Å²) in [5.74, 6) is -0.604. The Labute approximate surface area is 107 Å². The zero-order valence-corrected chi connectivity index (χ0v) is 10.3. The first kappa shape index (κ1) is 13.0. The van der Waals surface area contributed by atoms with Crippen LogP contribution in [0.1, 0.15) is 17.4 Å². The minimum Gasteiger partial charge on any atom is -0.339 e. The predicted molar refractivity (Wildman–Crippen MR) is 63.6 cm³/mol. The summed E-state index contributed by atoms with van der Waals surface area (Å²) >= 11 is 0. The number of aromatic nitrogens is 3. The van der Waals surface area contributed by atoms with Crippen LogP contribution in [0.2, 0.25) is 0 Å². The summed E-state index contributed by atoms with van der Waals surface area (Å²) in [5.41, 5.74) is -1.93. The van der Waals surface area contributed by atoms with Gasteiger partial charge in [0.15, 0.2) is 0 Å². The topological polar surface area (TPSA) is 119 Å². The van der Waals surface area contributed by atoms with Crippen LogP contribution in [0.4, 0.5) is 0 Å². The first-order valence-electron chi connectivity index (χ1n) is 5.73. The first-order valence-corrected chi connectivity index (χ1v) is 5.73. The molecule has 9 nitrogen and oxygen atoms in total. The Hall–Kier alpha value is -2.45. The SMILES string of the molecule is CC(=O)N1CCN(C(=O)c2n[nH]c(=O)[nH]c2=O)CC1. The van der Waals surface area contributed by atoms with E-state index in [0.29, 0.717) is 26.2 Å². The van der Waals surface area contributed by atoms with Gasteiger partial charge < -0.3 is 9.80 Å². The van der Waals surface area contributed by atoms with Crippen molar-refractivity contribution in [3.05, 3.63) is 26.5 Å². The minimum atomic E-state index is -0.817. The molecule has 2 heterocycles. The smallest absolute Gasteiger partial charge is 0.339 e. The second kappa shape index (κ2) is 5.04. The Morgan fingerprint density at radius 2 is 1.68 bits per heavy atom. The molecule has 1 aromatic heterocycles. The summed E-state index contributed by atoms with van der Waals surface area (Å²) < 4.78 is 0. The Morgan fingerprint density at radius 3 is 2.21 bits per heavy atom. The average molecular weight is 267 g/mol. The van der Waals surface area contributed by atoms with E-state index in [4.69, 9.17) is 0 Å². The lowest BCUT2D eigenvalue weighted by Gasteiger charge is -2.33. The van der Waals surface area contributed by atoms with Crippen molar-refractivity contribution in [2.24, 2.45) is 0 Å². The molecule has 9 heteroatoms. The van der Waals surface area contributed by atoms with E-state index in [2.05, 4.69) is 5.10 Å². The minimum absolute atomic E-state index is 0.0490. The van der Waals surface area contributed by atoms with Crippen LogP contribution in [-0.2, 0) is 4.79 Å². The summed E-state index contributed by atoms with van der Waals surface area (Å²) in [6, 6.07) is 0. The van der Waals surface area contributed by atoms with Crippen LogP contribution in [0.5, 0.6) is 0 Å². The molecule has 0 saturated carbocycles. The van der Waals surface area contributed by atoms with Crippen molar-refractivity contribution in [2.75, 3.05) is 26.2 Å². The molecule has 0 bridgehead atoms. The van der Waals surface area contributed by atoms with Crippen molar-refractivity contribution in [3.8, 4) is 0 Å². The molecule has 19 heavy (non-hydrogen) atoms. The Bertz CT molecular complexity index is 611. The highest BCUT2D eigenvalue weighted by molar-refractivity contribution is 5.91. The number of nitrogens with one attached hydrogen (secondary N) is 2. The van der Waals surface area contributed by atoms with Crippen LogP contribution in [0.3, 0.4) is 0 Å². The molecule has 102 valence electrons. The summed E-state index contributed by atoms with van der Waals surface area (Å²) in [7, 11) is 0. The van der Waals surface area contributed by atoms with Gasteiger partial charge in [-0.15, -0.1) is 0 Å². The highest BCUT2D eigenvalue weighted by atomic mass is 16.2. The highest BCUT2D eigenvalue weighted by Crippen LogP contribution is 2.04. The quantitative estimate of drug-likeness (QED) is 0.596. The third-order valence-corrected chi connectivity index (χ3v) is 2.93. The molecule has 1 aliphatic heterocycles. The van der Waals surface area contributed by atoms with Gasteiger partial charge in [-0.3, -0.25) is 19.4 Å². The van der Waals surface area contributed by atoms with Gasteiger partial charge in [0.05, 0.1) is 0 Å². The van der Waals surface area contributed by atoms with Gasteiger partial charge in [-0.25, -0.2) is 9.89 Å². The molecule has 1 saturated heterocycles. The third-order valence-electron chi connectivity index (χ3n) is 2.93. The molecule has 0 aliphatic carbocycles. The fourth-order valence-corrected chi connectivity index (χ4v) is 1.87. The number of amides is 2. The van der Waals surface area contributed by atoms with Crippen LogP contribution < -0.4 is 11.2 Å². The fraction of sp³-hybridized carbons (Fsp3) is 0.500. The van der Waals surface area contributed by atoms with Crippen molar-refractivity contribution < 1.29 is 9.59 Å². The lowest BCUT2D eigenvalue weighted by atomic mass is 10.3. The van der Waals surface area contributed by atoms with E-state index in [1.54, 1.807) is 4.90 Å². The van der Waals surface area contributed by atoms with Gasteiger partial charge in [-0.2, -0.15) is 5.10 Å². The summed E-state index contributed by atoms with van der Waals surface area (Å²) in [4.78, 5) is 50.4. The van der Waals surface area contributed by atoms with Gasteiger partial charge in [0.2, 0.25) is 11.6 Å². The number of carbonyl (C=O) groups excluding carboxylic acids is 2. The molecular weight excluding hydrogens is 254 g/mol. The molecule has 2 rings (SSSR count). The second-order valence-corrected chi connectivity index (χ2v) is 4.15. The van der Waals surface area contributed by atoms with Gasteiger partial charge >= 0.3 is 5.69 Å². The van der Waals surface area contributed by atoms with Crippen LogP contribution in [0.25, 0.3) is 0 Å². The molecule has 0 atom stereocenters. The van der Waals surface area contributed by atoms with Crippen LogP contribution in [-0.4, -0.2) is 63.0 Å². The normalized spacial score (nSPS) is 15.4. The van der Waals surface area contributed by atoms with Crippen molar-refractivity contribution in [1.29, 1.82) is 0 Å². The van der Waals surface area contributed by atoms with E-state index in [9.17, 15) is 19.2 Å².